The van der Waals surface area contributed by atoms with Crippen molar-refractivity contribution in [3.8, 4) is 0 Å². The van der Waals surface area contributed by atoms with Gasteiger partial charge in [0, 0.05) is 19.2 Å². The maximum atomic E-state index is 6.25. The van der Waals surface area contributed by atoms with Crippen LogP contribution in [0.4, 0.5) is 5.69 Å². The Hall–Kier alpha value is -2.10. The predicted molar refractivity (Wildman–Crippen MR) is 94.8 cm³/mol. The van der Waals surface area contributed by atoms with Crippen molar-refractivity contribution in [1.29, 1.82) is 0 Å². The highest BCUT2D eigenvalue weighted by Gasteiger charge is 2.14. The first-order valence-corrected chi connectivity index (χ1v) is 7.99. The molecule has 0 unspecified atom stereocenters. The normalized spacial score (nSPS) is 10.5. The summed E-state index contributed by atoms with van der Waals surface area (Å²) in [6.07, 6.45) is 0. The molecule has 0 saturated heterocycles. The van der Waals surface area contributed by atoms with Crippen LogP contribution in [0.1, 0.15) is 11.1 Å². The summed E-state index contributed by atoms with van der Waals surface area (Å²) in [5.74, 6) is 0. The fraction of sp³-hybridized carbons (Fsp3) is 0.111. The number of aromatic nitrogens is 2. The van der Waals surface area contributed by atoms with Gasteiger partial charge in [-0.3, -0.25) is 0 Å². The highest BCUT2D eigenvalue weighted by atomic mass is 35.5. The van der Waals surface area contributed by atoms with Gasteiger partial charge in [-0.2, -0.15) is 0 Å². The molecule has 116 valence electrons. The lowest BCUT2D eigenvalue weighted by molar-refractivity contribution is 0.792. The van der Waals surface area contributed by atoms with Gasteiger partial charge in [-0.1, -0.05) is 83.9 Å². The minimum Gasteiger partial charge on any atom is -0.360 e. The van der Waals surface area contributed by atoms with Gasteiger partial charge < -0.3 is 4.90 Å². The van der Waals surface area contributed by atoms with Gasteiger partial charge in [0.2, 0.25) is 0 Å². The maximum absolute atomic E-state index is 6.25. The molecule has 0 atom stereocenters. The average molecular weight is 344 g/mol. The second-order valence-corrected chi connectivity index (χ2v) is 5.92. The topological polar surface area (TPSA) is 29.0 Å². The largest absolute Gasteiger partial charge is 0.360 e. The SMILES string of the molecule is Clc1cc(N(Cc2ccccc2)Cc2ccccc2)c(Cl)nn1. The summed E-state index contributed by atoms with van der Waals surface area (Å²) in [6, 6.07) is 22.2. The van der Waals surface area contributed by atoms with E-state index >= 15 is 0 Å². The Bertz CT molecular complexity index is 722. The summed E-state index contributed by atoms with van der Waals surface area (Å²) in [6.45, 7) is 1.41. The first-order valence-electron chi connectivity index (χ1n) is 7.24. The third kappa shape index (κ3) is 4.21. The smallest absolute Gasteiger partial charge is 0.175 e. The molecular formula is C18H15Cl2N3. The van der Waals surface area contributed by atoms with Crippen molar-refractivity contribution in [3.63, 3.8) is 0 Å². The second-order valence-electron chi connectivity index (χ2n) is 5.17. The monoisotopic (exact) mass is 343 g/mol. The fourth-order valence-electron chi connectivity index (χ4n) is 2.40. The molecule has 0 radical (unpaired) electrons. The van der Waals surface area contributed by atoms with Crippen LogP contribution < -0.4 is 4.90 Å². The lowest BCUT2D eigenvalue weighted by Crippen LogP contribution is -2.23. The zero-order valence-electron chi connectivity index (χ0n) is 12.4. The zero-order chi connectivity index (χ0) is 16.1. The summed E-state index contributed by atoms with van der Waals surface area (Å²) < 4.78 is 0. The van der Waals surface area contributed by atoms with Crippen LogP contribution in [0.3, 0.4) is 0 Å². The lowest BCUT2D eigenvalue weighted by atomic mass is 10.1. The Morgan fingerprint density at radius 3 is 1.78 bits per heavy atom. The Balaban J connectivity index is 1.94. The molecule has 0 bridgehead atoms. The predicted octanol–water partition coefficient (Wildman–Crippen LogP) is 4.99. The first kappa shape index (κ1) is 15.8. The third-order valence-corrected chi connectivity index (χ3v) is 3.93. The average Bonchev–Trinajstić information content (AvgIpc) is 2.58. The summed E-state index contributed by atoms with van der Waals surface area (Å²) in [7, 11) is 0. The number of nitrogens with zero attached hydrogens (tertiary/aromatic N) is 3. The van der Waals surface area contributed by atoms with Crippen molar-refractivity contribution in [1.82, 2.24) is 10.2 Å². The molecule has 0 aliphatic carbocycles. The van der Waals surface area contributed by atoms with Gasteiger partial charge in [0.15, 0.2) is 10.3 Å². The van der Waals surface area contributed by atoms with E-state index in [0.717, 1.165) is 5.69 Å². The summed E-state index contributed by atoms with van der Waals surface area (Å²) >= 11 is 12.3. The van der Waals surface area contributed by atoms with Crippen LogP contribution in [0.25, 0.3) is 0 Å². The van der Waals surface area contributed by atoms with Gasteiger partial charge in [-0.15, -0.1) is 10.2 Å². The molecule has 1 aromatic heterocycles. The van der Waals surface area contributed by atoms with E-state index in [-0.39, 0.29) is 0 Å². The van der Waals surface area contributed by atoms with E-state index < -0.39 is 0 Å². The maximum Gasteiger partial charge on any atom is 0.175 e. The number of hydrogen-bond acceptors (Lipinski definition) is 3. The van der Waals surface area contributed by atoms with Gasteiger partial charge >= 0.3 is 0 Å². The fourth-order valence-corrected chi connectivity index (χ4v) is 2.75. The molecule has 2 aromatic carbocycles. The molecule has 3 nitrogen and oxygen atoms in total. The second kappa shape index (κ2) is 7.44. The van der Waals surface area contributed by atoms with Crippen LogP contribution >= 0.6 is 23.2 Å². The van der Waals surface area contributed by atoms with E-state index in [1.165, 1.54) is 11.1 Å². The Kier molecular flexibility index (Phi) is 5.11. The zero-order valence-corrected chi connectivity index (χ0v) is 13.9. The van der Waals surface area contributed by atoms with E-state index in [4.69, 9.17) is 23.2 Å². The highest BCUT2D eigenvalue weighted by Crippen LogP contribution is 2.28. The van der Waals surface area contributed by atoms with Crippen molar-refractivity contribution < 1.29 is 0 Å². The van der Waals surface area contributed by atoms with Crippen LogP contribution in [0.15, 0.2) is 66.7 Å². The van der Waals surface area contributed by atoms with Crippen LogP contribution in [0.5, 0.6) is 0 Å². The quantitative estimate of drug-likeness (QED) is 0.653. The standard InChI is InChI=1S/C18H15Cl2N3/c19-17-11-16(18(20)22-21-17)23(12-14-7-3-1-4-8-14)13-15-9-5-2-6-10-15/h1-11H,12-13H2. The molecule has 0 aliphatic rings. The van der Waals surface area contributed by atoms with Gasteiger partial charge in [0.25, 0.3) is 0 Å². The van der Waals surface area contributed by atoms with E-state index in [1.807, 2.05) is 36.4 Å². The molecule has 0 aliphatic heterocycles. The van der Waals surface area contributed by atoms with Crippen molar-refractivity contribution in [2.24, 2.45) is 0 Å². The number of anilines is 1. The minimum atomic E-state index is 0.329. The minimum absolute atomic E-state index is 0.329. The number of rotatable bonds is 5. The Labute approximate surface area is 145 Å². The molecule has 1 heterocycles. The van der Waals surface area contributed by atoms with E-state index in [0.29, 0.717) is 23.4 Å². The molecule has 0 fully saturated rings. The third-order valence-electron chi connectivity index (χ3n) is 3.47. The van der Waals surface area contributed by atoms with Gasteiger partial charge in [-0.05, 0) is 11.1 Å². The van der Waals surface area contributed by atoms with Crippen LogP contribution in [0, 0.1) is 0 Å². The highest BCUT2D eigenvalue weighted by molar-refractivity contribution is 6.33. The van der Waals surface area contributed by atoms with E-state index in [9.17, 15) is 0 Å². The van der Waals surface area contributed by atoms with Crippen molar-refractivity contribution in [2.75, 3.05) is 4.90 Å². The molecule has 3 aromatic rings. The lowest BCUT2D eigenvalue weighted by Gasteiger charge is -2.25. The Morgan fingerprint density at radius 2 is 1.26 bits per heavy atom. The summed E-state index contributed by atoms with van der Waals surface area (Å²) in [5, 5.41) is 8.39. The van der Waals surface area contributed by atoms with Gasteiger partial charge in [0.05, 0.1) is 5.69 Å². The van der Waals surface area contributed by atoms with Crippen LogP contribution in [-0.2, 0) is 13.1 Å². The molecular weight excluding hydrogens is 329 g/mol. The summed E-state index contributed by atoms with van der Waals surface area (Å²) in [5.41, 5.74) is 3.15. The van der Waals surface area contributed by atoms with Gasteiger partial charge in [-0.25, -0.2) is 0 Å². The van der Waals surface area contributed by atoms with Crippen LogP contribution in [0.2, 0.25) is 10.3 Å². The molecule has 0 amide bonds. The number of benzene rings is 2. The molecule has 23 heavy (non-hydrogen) atoms. The van der Waals surface area contributed by atoms with Gasteiger partial charge in [0.1, 0.15) is 0 Å². The summed E-state index contributed by atoms with van der Waals surface area (Å²) in [4.78, 5) is 2.15. The Morgan fingerprint density at radius 1 is 0.739 bits per heavy atom. The molecule has 0 spiro atoms. The van der Waals surface area contributed by atoms with E-state index in [1.54, 1.807) is 6.07 Å². The first-order chi connectivity index (χ1) is 11.2. The van der Waals surface area contributed by atoms with Crippen molar-refractivity contribution >= 4 is 28.9 Å². The van der Waals surface area contributed by atoms with Crippen molar-refractivity contribution in [2.45, 2.75) is 13.1 Å². The molecule has 5 heteroatoms. The van der Waals surface area contributed by atoms with Crippen LogP contribution in [-0.4, -0.2) is 10.2 Å². The number of hydrogen-bond donors (Lipinski definition) is 0. The molecule has 0 N–H and O–H groups in total. The van der Waals surface area contributed by atoms with Crippen molar-refractivity contribution in [3.05, 3.63) is 88.2 Å². The molecule has 3 rings (SSSR count). The van der Waals surface area contributed by atoms with E-state index in [2.05, 4.69) is 39.4 Å². The number of halogens is 2. The molecule has 0 saturated carbocycles.